The van der Waals surface area contributed by atoms with Crippen LogP contribution >= 0.6 is 0 Å². The van der Waals surface area contributed by atoms with Gasteiger partial charge in [0.1, 0.15) is 5.92 Å². The Balaban J connectivity index is 6.13. The Morgan fingerprint density at radius 2 is 0.660 bits per heavy atom. The lowest BCUT2D eigenvalue weighted by atomic mass is 9.81. The average molecular weight is 715 g/mol. The molecule has 0 aliphatic heterocycles. The maximum Gasteiger partial charge on any atom is 0.336 e. The highest BCUT2D eigenvalue weighted by atomic mass is 16.8. The Morgan fingerprint density at radius 3 is 0.940 bits per heavy atom. The zero-order valence-corrected chi connectivity index (χ0v) is 33.5. The molecule has 0 aromatic carbocycles. The quantitative estimate of drug-likeness (QED) is 0.0290. The lowest BCUT2D eigenvalue weighted by Gasteiger charge is -2.42. The number of ether oxygens (including phenoxy) is 2. The molecule has 4 N–H and O–H groups in total. The van der Waals surface area contributed by atoms with E-state index >= 15 is 0 Å². The molecule has 50 heavy (non-hydrogen) atoms. The van der Waals surface area contributed by atoms with E-state index in [0.29, 0.717) is 51.4 Å². The monoisotopic (exact) mass is 715 g/mol. The van der Waals surface area contributed by atoms with Gasteiger partial charge >= 0.3 is 23.9 Å². The molecule has 298 valence electrons. The summed E-state index contributed by atoms with van der Waals surface area (Å²) >= 11 is 0. The Morgan fingerprint density at radius 1 is 0.400 bits per heavy atom. The van der Waals surface area contributed by atoms with E-state index < -0.39 is 47.6 Å². The van der Waals surface area contributed by atoms with Crippen LogP contribution in [-0.4, -0.2) is 44.3 Å². The van der Waals surface area contributed by atoms with Crippen LogP contribution in [0.3, 0.4) is 0 Å². The molecule has 2 atom stereocenters. The Bertz CT molecular complexity index is 750. The van der Waals surface area contributed by atoms with E-state index in [2.05, 4.69) is 27.7 Å². The number of carbonyl (C=O) groups excluding carboxylic acids is 2. The van der Waals surface area contributed by atoms with Gasteiger partial charge in [0.25, 0.3) is 0 Å². The third kappa shape index (κ3) is 22.0. The Hall–Kier alpha value is -1.22. The highest BCUT2D eigenvalue weighted by Crippen LogP contribution is 2.40. The third-order valence-electron chi connectivity index (χ3n) is 10.4. The summed E-state index contributed by atoms with van der Waals surface area (Å²) in [6.45, 7) is 12.4. The van der Waals surface area contributed by atoms with E-state index in [9.17, 15) is 30.0 Å². The molecule has 8 nitrogen and oxygen atoms in total. The summed E-state index contributed by atoms with van der Waals surface area (Å²) in [6.07, 6.45) is 25.0. The number of unbranched alkanes of at least 4 members (excludes halogenated alkanes) is 16. The van der Waals surface area contributed by atoms with Crippen LogP contribution in [-0.2, 0) is 19.1 Å². The first kappa shape index (κ1) is 48.8. The number of hydrogen-bond donors (Lipinski definition) is 4. The third-order valence-corrected chi connectivity index (χ3v) is 10.4. The average Bonchev–Trinajstić information content (AvgIpc) is 3.05. The predicted octanol–water partition coefficient (Wildman–Crippen LogP) is 10.9. The fraction of sp³-hybridized carbons (Fsp3) is 0.952. The molecule has 0 aromatic rings. The van der Waals surface area contributed by atoms with Crippen molar-refractivity contribution in [3.05, 3.63) is 0 Å². The van der Waals surface area contributed by atoms with E-state index in [0.717, 1.165) is 116 Å². The van der Waals surface area contributed by atoms with Crippen molar-refractivity contribution < 1.29 is 39.5 Å². The van der Waals surface area contributed by atoms with E-state index in [1.165, 1.54) is 12.8 Å². The van der Waals surface area contributed by atoms with Crippen LogP contribution < -0.4 is 0 Å². The summed E-state index contributed by atoms with van der Waals surface area (Å²) in [5.74, 6) is -11.7. The molecule has 0 radical (unpaired) electrons. The summed E-state index contributed by atoms with van der Waals surface area (Å²) < 4.78 is 11.0. The van der Waals surface area contributed by atoms with Crippen LogP contribution in [0.5, 0.6) is 0 Å². The van der Waals surface area contributed by atoms with E-state index in [-0.39, 0.29) is 0 Å². The van der Waals surface area contributed by atoms with Crippen molar-refractivity contribution >= 4 is 11.9 Å². The molecule has 0 saturated heterocycles. The first-order valence-corrected chi connectivity index (χ1v) is 21.3. The minimum absolute atomic E-state index is 0.399. The van der Waals surface area contributed by atoms with Crippen molar-refractivity contribution in [3.63, 3.8) is 0 Å². The first-order chi connectivity index (χ1) is 23.9. The molecule has 0 bridgehead atoms. The van der Waals surface area contributed by atoms with Crippen molar-refractivity contribution in [2.45, 2.75) is 233 Å². The molecule has 0 aromatic heterocycles. The van der Waals surface area contributed by atoms with Gasteiger partial charge in [0.15, 0.2) is 0 Å². The molecule has 2 unspecified atom stereocenters. The van der Waals surface area contributed by atoms with Crippen molar-refractivity contribution in [1.29, 1.82) is 0 Å². The van der Waals surface area contributed by atoms with Crippen molar-refractivity contribution in [3.8, 4) is 0 Å². The summed E-state index contributed by atoms with van der Waals surface area (Å²) in [5.41, 5.74) is 0. The van der Waals surface area contributed by atoms with Gasteiger partial charge in [0.05, 0.1) is 11.8 Å². The van der Waals surface area contributed by atoms with E-state index in [1.807, 2.05) is 13.8 Å². The van der Waals surface area contributed by atoms with Crippen molar-refractivity contribution in [1.82, 2.24) is 0 Å². The fourth-order valence-electron chi connectivity index (χ4n) is 7.41. The molecular weight excluding hydrogens is 632 g/mol. The smallest absolute Gasteiger partial charge is 0.336 e. The highest BCUT2D eigenvalue weighted by Gasteiger charge is 2.58. The molecule has 0 amide bonds. The van der Waals surface area contributed by atoms with Crippen LogP contribution in [0.25, 0.3) is 0 Å². The van der Waals surface area contributed by atoms with Gasteiger partial charge in [-0.1, -0.05) is 183 Å². The number of hydrogen-bond acceptors (Lipinski definition) is 8. The number of carbonyl (C=O) groups is 2. The lowest BCUT2D eigenvalue weighted by Crippen LogP contribution is -2.59. The van der Waals surface area contributed by atoms with Crippen LogP contribution in [0.2, 0.25) is 0 Å². The maximum absolute atomic E-state index is 13.7. The number of rotatable bonds is 35. The van der Waals surface area contributed by atoms with Gasteiger partial charge in [0, 0.05) is 0 Å². The standard InChI is InChI=1S/C42H82O8/c1-7-13-17-21-23-27-33-36(31-25-19-15-9-3)39(43)49-41(45,46)38(35(29-11-5)30-12-6)42(47,48)50-40(44)37(32-26-20-16-10-4)34-28-24-22-18-14-8-2/h35-38,45-48H,7-34H2,1-6H3. The second kappa shape index (κ2) is 30.3. The van der Waals surface area contributed by atoms with E-state index in [1.54, 1.807) is 0 Å². The Kier molecular flexibility index (Phi) is 29.5. The predicted molar refractivity (Wildman–Crippen MR) is 204 cm³/mol. The molecule has 0 rings (SSSR count). The van der Waals surface area contributed by atoms with Crippen LogP contribution in [0.4, 0.5) is 0 Å². The summed E-state index contributed by atoms with van der Waals surface area (Å²) in [5, 5.41) is 46.1. The minimum atomic E-state index is -3.26. The molecule has 0 aliphatic carbocycles. The summed E-state index contributed by atoms with van der Waals surface area (Å²) in [6, 6.07) is 0. The topological polar surface area (TPSA) is 134 Å². The van der Waals surface area contributed by atoms with Crippen LogP contribution in [0.1, 0.15) is 221 Å². The molecule has 0 heterocycles. The zero-order valence-electron chi connectivity index (χ0n) is 33.5. The maximum atomic E-state index is 13.7. The lowest BCUT2D eigenvalue weighted by molar-refractivity contribution is -0.448. The van der Waals surface area contributed by atoms with Gasteiger partial charge in [-0.3, -0.25) is 9.59 Å². The van der Waals surface area contributed by atoms with Crippen molar-refractivity contribution in [2.75, 3.05) is 0 Å². The SMILES string of the molecule is CCCCCCCCC(CCCCCC)C(=O)OC(O)(O)C(C(CCC)CCC)C(O)(O)OC(=O)C(CCCCCC)CCCCCCCC. The molecule has 0 aliphatic rings. The molecule has 8 heteroatoms. The molecule has 0 fully saturated rings. The molecule has 0 spiro atoms. The van der Waals surface area contributed by atoms with Gasteiger partial charge < -0.3 is 29.9 Å². The van der Waals surface area contributed by atoms with Gasteiger partial charge in [-0.05, 0) is 44.4 Å². The van der Waals surface area contributed by atoms with Crippen LogP contribution in [0, 0.1) is 23.7 Å². The number of esters is 2. The van der Waals surface area contributed by atoms with Crippen LogP contribution in [0.15, 0.2) is 0 Å². The first-order valence-electron chi connectivity index (χ1n) is 21.3. The second-order valence-corrected chi connectivity index (χ2v) is 15.2. The summed E-state index contributed by atoms with van der Waals surface area (Å²) in [7, 11) is 0. The largest absolute Gasteiger partial charge is 0.407 e. The highest BCUT2D eigenvalue weighted by molar-refractivity contribution is 5.73. The minimum Gasteiger partial charge on any atom is -0.407 e. The zero-order chi connectivity index (χ0) is 37.7. The van der Waals surface area contributed by atoms with Crippen molar-refractivity contribution in [2.24, 2.45) is 23.7 Å². The fourth-order valence-corrected chi connectivity index (χ4v) is 7.41. The summed E-state index contributed by atoms with van der Waals surface area (Å²) in [4.78, 5) is 27.3. The van der Waals surface area contributed by atoms with Gasteiger partial charge in [-0.25, -0.2) is 0 Å². The van der Waals surface area contributed by atoms with E-state index in [4.69, 9.17) is 9.47 Å². The molecular formula is C42H82O8. The normalized spacial score (nSPS) is 14.1. The second-order valence-electron chi connectivity index (χ2n) is 15.2. The molecule has 0 saturated carbocycles. The van der Waals surface area contributed by atoms with Gasteiger partial charge in [-0.15, -0.1) is 0 Å². The van der Waals surface area contributed by atoms with Gasteiger partial charge in [0.2, 0.25) is 0 Å². The number of aliphatic hydroxyl groups is 4. The van der Waals surface area contributed by atoms with Gasteiger partial charge in [-0.2, -0.15) is 0 Å². The Labute approximate surface area is 307 Å².